The predicted octanol–water partition coefficient (Wildman–Crippen LogP) is 1.99. The van der Waals surface area contributed by atoms with Crippen molar-refractivity contribution in [3.05, 3.63) is 35.9 Å². The molecule has 1 aromatic carbocycles. The van der Waals surface area contributed by atoms with Crippen molar-refractivity contribution in [1.82, 2.24) is 4.90 Å². The first-order chi connectivity index (χ1) is 8.79. The number of hydrogen-bond acceptors (Lipinski definition) is 3. The van der Waals surface area contributed by atoms with Crippen LogP contribution in [-0.4, -0.2) is 30.6 Å². The number of hydrogen-bond donors (Lipinski definition) is 1. The first-order valence-electron chi connectivity index (χ1n) is 6.45. The summed E-state index contributed by atoms with van der Waals surface area (Å²) in [6.45, 7) is 2.49. The molecule has 0 unspecified atom stereocenters. The van der Waals surface area contributed by atoms with Gasteiger partial charge < -0.3 is 15.4 Å². The van der Waals surface area contributed by atoms with Gasteiger partial charge in [0, 0.05) is 13.1 Å². The van der Waals surface area contributed by atoms with Crippen molar-refractivity contribution in [2.75, 3.05) is 19.6 Å². The van der Waals surface area contributed by atoms with Crippen molar-refractivity contribution in [3.8, 4) is 0 Å². The maximum Gasteiger partial charge on any atom is 0.410 e. The number of nitrogens with zero attached hydrogens (tertiary/aromatic N) is 1. The van der Waals surface area contributed by atoms with Crippen LogP contribution in [0.1, 0.15) is 18.4 Å². The second-order valence-electron chi connectivity index (χ2n) is 4.73. The second kappa shape index (κ2) is 6.40. The van der Waals surface area contributed by atoms with Crippen molar-refractivity contribution in [3.63, 3.8) is 0 Å². The summed E-state index contributed by atoms with van der Waals surface area (Å²) in [7, 11) is 0. The normalized spacial score (nSPS) is 19.6. The minimum atomic E-state index is -0.225. The van der Waals surface area contributed by atoms with Crippen LogP contribution in [0.25, 0.3) is 0 Å². The number of likely N-dealkylation sites (tertiary alicyclic amines) is 1. The molecule has 18 heavy (non-hydrogen) atoms. The van der Waals surface area contributed by atoms with Gasteiger partial charge in [-0.05, 0) is 30.9 Å². The Morgan fingerprint density at radius 2 is 2.17 bits per heavy atom. The van der Waals surface area contributed by atoms with Crippen LogP contribution in [0.3, 0.4) is 0 Å². The maximum absolute atomic E-state index is 11.9. The summed E-state index contributed by atoms with van der Waals surface area (Å²) in [6, 6.07) is 9.73. The number of ether oxygens (including phenoxy) is 1. The van der Waals surface area contributed by atoms with Crippen LogP contribution in [0.15, 0.2) is 30.3 Å². The lowest BCUT2D eigenvalue weighted by Crippen LogP contribution is -2.42. The Morgan fingerprint density at radius 3 is 2.89 bits per heavy atom. The number of carbonyl (C=O) groups is 1. The highest BCUT2D eigenvalue weighted by molar-refractivity contribution is 5.67. The standard InChI is InChI=1S/C14H20N2O2/c15-9-13-7-4-8-16(10-13)14(17)18-11-12-5-2-1-3-6-12/h1-3,5-6,13H,4,7-11,15H2/t13-/m1/s1. The molecule has 0 saturated carbocycles. The predicted molar refractivity (Wildman–Crippen MR) is 70.0 cm³/mol. The number of rotatable bonds is 3. The SMILES string of the molecule is NC[C@H]1CCCN(C(=O)OCc2ccccc2)C1. The summed E-state index contributed by atoms with van der Waals surface area (Å²) in [6.07, 6.45) is 1.90. The van der Waals surface area contributed by atoms with Crippen LogP contribution in [0, 0.1) is 5.92 Å². The van der Waals surface area contributed by atoms with Crippen LogP contribution < -0.4 is 5.73 Å². The van der Waals surface area contributed by atoms with Gasteiger partial charge in [-0.2, -0.15) is 0 Å². The summed E-state index contributed by atoms with van der Waals surface area (Å²) in [5.74, 6) is 0.419. The van der Waals surface area contributed by atoms with Gasteiger partial charge in [0.05, 0.1) is 0 Å². The first-order valence-corrected chi connectivity index (χ1v) is 6.45. The number of benzene rings is 1. The molecule has 0 bridgehead atoms. The van der Waals surface area contributed by atoms with E-state index in [2.05, 4.69) is 0 Å². The van der Waals surface area contributed by atoms with Crippen molar-refractivity contribution >= 4 is 6.09 Å². The lowest BCUT2D eigenvalue weighted by atomic mass is 9.99. The van der Waals surface area contributed by atoms with E-state index in [9.17, 15) is 4.79 Å². The average Bonchev–Trinajstić information content (AvgIpc) is 2.46. The van der Waals surface area contributed by atoms with Crippen LogP contribution in [-0.2, 0) is 11.3 Å². The van der Waals surface area contributed by atoms with Gasteiger partial charge in [0.15, 0.2) is 0 Å². The van der Waals surface area contributed by atoms with Gasteiger partial charge in [-0.3, -0.25) is 0 Å². The maximum atomic E-state index is 11.9. The van der Waals surface area contributed by atoms with E-state index in [1.165, 1.54) is 0 Å². The topological polar surface area (TPSA) is 55.6 Å². The molecule has 4 heteroatoms. The lowest BCUT2D eigenvalue weighted by molar-refractivity contribution is 0.0800. The fraction of sp³-hybridized carbons (Fsp3) is 0.500. The first kappa shape index (κ1) is 12.9. The van der Waals surface area contributed by atoms with E-state index in [-0.39, 0.29) is 6.09 Å². The molecule has 0 aromatic heterocycles. The fourth-order valence-corrected chi connectivity index (χ4v) is 2.23. The molecule has 0 spiro atoms. The molecule has 0 radical (unpaired) electrons. The van der Waals surface area contributed by atoms with Gasteiger partial charge in [0.2, 0.25) is 0 Å². The lowest BCUT2D eigenvalue weighted by Gasteiger charge is -2.31. The van der Waals surface area contributed by atoms with Gasteiger partial charge in [0.1, 0.15) is 6.61 Å². The van der Waals surface area contributed by atoms with Crippen molar-refractivity contribution in [1.29, 1.82) is 0 Å². The molecule has 4 nitrogen and oxygen atoms in total. The van der Waals surface area contributed by atoms with E-state index >= 15 is 0 Å². The molecular weight excluding hydrogens is 228 g/mol. The van der Waals surface area contributed by atoms with E-state index in [4.69, 9.17) is 10.5 Å². The number of nitrogens with two attached hydrogens (primary N) is 1. The molecule has 1 atom stereocenters. The summed E-state index contributed by atoms with van der Waals surface area (Å²) >= 11 is 0. The Bertz CT molecular complexity index is 381. The highest BCUT2D eigenvalue weighted by Gasteiger charge is 2.23. The molecule has 1 saturated heterocycles. The smallest absolute Gasteiger partial charge is 0.410 e. The molecule has 0 aliphatic carbocycles. The molecule has 2 N–H and O–H groups in total. The van der Waals surface area contributed by atoms with E-state index < -0.39 is 0 Å². The molecule has 1 aliphatic heterocycles. The monoisotopic (exact) mass is 248 g/mol. The molecule has 1 aromatic rings. The summed E-state index contributed by atoms with van der Waals surface area (Å²) < 4.78 is 5.31. The highest BCUT2D eigenvalue weighted by Crippen LogP contribution is 2.16. The van der Waals surface area contributed by atoms with Crippen molar-refractivity contribution in [2.45, 2.75) is 19.4 Å². The third-order valence-corrected chi connectivity index (χ3v) is 3.32. The molecule has 1 fully saturated rings. The zero-order valence-electron chi connectivity index (χ0n) is 10.5. The van der Waals surface area contributed by atoms with Crippen molar-refractivity contribution < 1.29 is 9.53 Å². The van der Waals surface area contributed by atoms with Crippen LogP contribution in [0.5, 0.6) is 0 Å². The number of carbonyl (C=O) groups excluding carboxylic acids is 1. The van der Waals surface area contributed by atoms with Crippen LogP contribution in [0.4, 0.5) is 4.79 Å². The summed E-state index contributed by atoms with van der Waals surface area (Å²) in [4.78, 5) is 13.7. The van der Waals surface area contributed by atoms with E-state index in [0.29, 0.717) is 19.1 Å². The van der Waals surface area contributed by atoms with Gasteiger partial charge in [-0.25, -0.2) is 4.79 Å². The van der Waals surface area contributed by atoms with Crippen molar-refractivity contribution in [2.24, 2.45) is 11.7 Å². The van der Waals surface area contributed by atoms with Crippen LogP contribution in [0.2, 0.25) is 0 Å². The molecule has 1 heterocycles. The van der Waals surface area contributed by atoms with Gasteiger partial charge in [0.25, 0.3) is 0 Å². The Morgan fingerprint density at radius 1 is 1.39 bits per heavy atom. The van der Waals surface area contributed by atoms with E-state index in [0.717, 1.165) is 31.5 Å². The summed E-state index contributed by atoms with van der Waals surface area (Å²) in [5.41, 5.74) is 6.66. The van der Waals surface area contributed by atoms with Gasteiger partial charge in [-0.15, -0.1) is 0 Å². The molecule has 98 valence electrons. The molecular formula is C14H20N2O2. The molecule has 1 amide bonds. The van der Waals surface area contributed by atoms with Crippen LogP contribution >= 0.6 is 0 Å². The summed E-state index contributed by atoms with van der Waals surface area (Å²) in [5, 5.41) is 0. The number of piperidine rings is 1. The molecule has 2 rings (SSSR count). The Balaban J connectivity index is 1.81. The Hall–Kier alpha value is -1.55. The van der Waals surface area contributed by atoms with Gasteiger partial charge >= 0.3 is 6.09 Å². The zero-order valence-corrected chi connectivity index (χ0v) is 10.5. The molecule has 1 aliphatic rings. The van der Waals surface area contributed by atoms with Gasteiger partial charge in [-0.1, -0.05) is 30.3 Å². The zero-order chi connectivity index (χ0) is 12.8. The third kappa shape index (κ3) is 3.47. The average molecular weight is 248 g/mol. The highest BCUT2D eigenvalue weighted by atomic mass is 16.6. The number of amides is 1. The Labute approximate surface area is 108 Å². The third-order valence-electron chi connectivity index (χ3n) is 3.32. The van der Waals surface area contributed by atoms with E-state index in [1.54, 1.807) is 4.90 Å². The second-order valence-corrected chi connectivity index (χ2v) is 4.73. The fourth-order valence-electron chi connectivity index (χ4n) is 2.23. The minimum absolute atomic E-state index is 0.225. The minimum Gasteiger partial charge on any atom is -0.445 e. The quantitative estimate of drug-likeness (QED) is 0.890. The largest absolute Gasteiger partial charge is 0.445 e. The van der Waals surface area contributed by atoms with E-state index in [1.807, 2.05) is 30.3 Å². The Kier molecular flexibility index (Phi) is 4.59.